The number of pyridine rings is 1. The first kappa shape index (κ1) is 21.4. The van der Waals surface area contributed by atoms with Crippen molar-refractivity contribution in [2.75, 3.05) is 25.7 Å². The molecule has 1 aromatic heterocycles. The smallest absolute Gasteiger partial charge is 0.278 e. The fourth-order valence-corrected chi connectivity index (χ4v) is 3.12. The lowest BCUT2D eigenvalue weighted by molar-refractivity contribution is -0.0244. The van der Waals surface area contributed by atoms with Crippen LogP contribution in [0.3, 0.4) is 0 Å². The van der Waals surface area contributed by atoms with Crippen LogP contribution in [0.1, 0.15) is 18.1 Å². The molecular weight excluding hydrogens is 370 g/mol. The summed E-state index contributed by atoms with van der Waals surface area (Å²) in [6, 6.07) is 2.00. The van der Waals surface area contributed by atoms with Crippen LogP contribution in [0.5, 0.6) is 5.88 Å². The van der Waals surface area contributed by atoms with E-state index in [1.54, 1.807) is 24.9 Å². The van der Waals surface area contributed by atoms with Gasteiger partial charge in [0.1, 0.15) is 0 Å². The molecular formula is C19H26F2N4OS. The number of rotatable bonds is 9. The van der Waals surface area contributed by atoms with Crippen LogP contribution >= 0.6 is 11.8 Å². The Hall–Kier alpha value is -1.93. The van der Waals surface area contributed by atoms with Crippen molar-refractivity contribution in [2.45, 2.75) is 32.4 Å². The highest BCUT2D eigenvalue weighted by Gasteiger charge is 2.23. The third-order valence-corrected chi connectivity index (χ3v) is 4.44. The molecule has 0 spiro atoms. The topological polar surface area (TPSA) is 58.5 Å². The normalized spacial score (nSPS) is 18.5. The monoisotopic (exact) mass is 396 g/mol. The number of likely N-dealkylation sites (N-methyl/N-ethyl adjacent to an activating group) is 1. The highest BCUT2D eigenvalue weighted by molar-refractivity contribution is 7.99. The molecule has 0 saturated carbocycles. The zero-order valence-corrected chi connectivity index (χ0v) is 16.9. The largest absolute Gasteiger partial charge is 0.471 e. The molecule has 2 heterocycles. The third-order valence-electron chi connectivity index (χ3n) is 3.88. The number of aliphatic imine (C=N–C) groups is 1. The summed E-state index contributed by atoms with van der Waals surface area (Å²) in [4.78, 5) is 8.62. The minimum atomic E-state index is -2.88. The van der Waals surface area contributed by atoms with E-state index in [-0.39, 0.29) is 11.9 Å². The van der Waals surface area contributed by atoms with Crippen molar-refractivity contribution < 1.29 is 13.5 Å². The SMILES string of the molecule is CNC1C=CN=C(CSC)/C1=C/NCc1cnc(OCC(C)(F)F)c(C)c1. The molecule has 8 heteroatoms. The van der Waals surface area contributed by atoms with Crippen LogP contribution in [0.15, 0.2) is 41.3 Å². The molecule has 1 unspecified atom stereocenters. The summed E-state index contributed by atoms with van der Waals surface area (Å²) in [5, 5.41) is 6.56. The molecule has 0 aliphatic carbocycles. The van der Waals surface area contributed by atoms with E-state index in [0.29, 0.717) is 6.54 Å². The maximum Gasteiger partial charge on any atom is 0.278 e. The maximum atomic E-state index is 12.9. The first-order chi connectivity index (χ1) is 12.8. The molecule has 2 N–H and O–H groups in total. The molecule has 0 saturated heterocycles. The van der Waals surface area contributed by atoms with Crippen molar-refractivity contribution in [2.24, 2.45) is 4.99 Å². The molecule has 1 aliphatic heterocycles. The van der Waals surface area contributed by atoms with Crippen LogP contribution in [0.25, 0.3) is 0 Å². The van der Waals surface area contributed by atoms with Gasteiger partial charge in [0.05, 0.1) is 11.8 Å². The molecule has 0 fully saturated rings. The maximum absolute atomic E-state index is 12.9. The predicted molar refractivity (Wildman–Crippen MR) is 108 cm³/mol. The molecule has 1 aliphatic rings. The Labute approximate surface area is 163 Å². The number of nitrogens with zero attached hydrogens (tertiary/aromatic N) is 2. The van der Waals surface area contributed by atoms with E-state index >= 15 is 0 Å². The van der Waals surface area contributed by atoms with Crippen LogP contribution < -0.4 is 15.4 Å². The quantitative estimate of drug-likeness (QED) is 0.671. The van der Waals surface area contributed by atoms with Gasteiger partial charge in [-0.1, -0.05) is 0 Å². The summed E-state index contributed by atoms with van der Waals surface area (Å²) in [5.74, 6) is -1.81. The first-order valence-corrected chi connectivity index (χ1v) is 10.0. The molecule has 0 radical (unpaired) electrons. The van der Waals surface area contributed by atoms with Crippen LogP contribution in [0.2, 0.25) is 0 Å². The number of nitrogens with one attached hydrogen (secondary N) is 2. The standard InChI is InChI=1S/C19H26F2N4OS/c1-13-7-14(9-25-18(13)26-12-19(2,20)21)8-23-10-15-16(22-3)5-6-24-17(15)11-27-4/h5-7,9-10,16,22-23H,8,11-12H2,1-4H3/b15-10+. The van der Waals surface area contributed by atoms with Gasteiger partial charge in [-0.3, -0.25) is 4.99 Å². The number of alkyl halides is 2. The molecule has 0 bridgehead atoms. The number of halogens is 2. The Kier molecular flexibility index (Phi) is 7.79. The molecule has 27 heavy (non-hydrogen) atoms. The van der Waals surface area contributed by atoms with Gasteiger partial charge in [0.15, 0.2) is 6.61 Å². The molecule has 1 atom stereocenters. The van der Waals surface area contributed by atoms with Gasteiger partial charge < -0.3 is 15.4 Å². The minimum absolute atomic E-state index is 0.114. The molecule has 0 aromatic carbocycles. The molecule has 148 valence electrons. The average Bonchev–Trinajstić information content (AvgIpc) is 2.61. The van der Waals surface area contributed by atoms with Gasteiger partial charge in [-0.15, -0.1) is 0 Å². The van der Waals surface area contributed by atoms with Gasteiger partial charge in [-0.25, -0.2) is 13.8 Å². The summed E-state index contributed by atoms with van der Waals surface area (Å²) in [6.45, 7) is 2.50. The Bertz CT molecular complexity index is 729. The van der Waals surface area contributed by atoms with E-state index in [2.05, 4.69) is 20.6 Å². The summed E-state index contributed by atoms with van der Waals surface area (Å²) >= 11 is 1.73. The fraction of sp³-hybridized carbons (Fsp3) is 0.474. The lowest BCUT2D eigenvalue weighted by atomic mass is 10.0. The van der Waals surface area contributed by atoms with Gasteiger partial charge >= 0.3 is 0 Å². The van der Waals surface area contributed by atoms with E-state index in [9.17, 15) is 8.78 Å². The first-order valence-electron chi connectivity index (χ1n) is 8.63. The zero-order valence-electron chi connectivity index (χ0n) is 16.1. The number of thioether (sulfide) groups is 1. The van der Waals surface area contributed by atoms with E-state index in [1.807, 2.05) is 37.8 Å². The van der Waals surface area contributed by atoms with E-state index in [0.717, 1.165) is 35.1 Å². The van der Waals surface area contributed by atoms with Crippen LogP contribution in [-0.4, -0.2) is 48.3 Å². The van der Waals surface area contributed by atoms with Crippen molar-refractivity contribution in [3.63, 3.8) is 0 Å². The van der Waals surface area contributed by atoms with Crippen LogP contribution in [0.4, 0.5) is 8.78 Å². The fourth-order valence-electron chi connectivity index (χ4n) is 2.60. The number of aromatic nitrogens is 1. The highest BCUT2D eigenvalue weighted by Crippen LogP contribution is 2.19. The summed E-state index contributed by atoms with van der Waals surface area (Å²) in [5.41, 5.74) is 3.81. The average molecular weight is 397 g/mol. The Morgan fingerprint density at radius 2 is 2.19 bits per heavy atom. The second kappa shape index (κ2) is 9.85. The van der Waals surface area contributed by atoms with E-state index in [4.69, 9.17) is 4.74 Å². The molecule has 5 nitrogen and oxygen atoms in total. The Balaban J connectivity index is 2.01. The number of hydrogen-bond donors (Lipinski definition) is 2. The Morgan fingerprint density at radius 3 is 2.81 bits per heavy atom. The van der Waals surface area contributed by atoms with Gasteiger partial charge in [-0.05, 0) is 37.9 Å². The summed E-state index contributed by atoms with van der Waals surface area (Å²) < 4.78 is 30.9. The predicted octanol–water partition coefficient (Wildman–Crippen LogP) is 3.32. The van der Waals surface area contributed by atoms with Crippen LogP contribution in [0, 0.1) is 6.92 Å². The summed E-state index contributed by atoms with van der Waals surface area (Å²) in [6.07, 6.45) is 9.49. The number of hydrogen-bond acceptors (Lipinski definition) is 6. The summed E-state index contributed by atoms with van der Waals surface area (Å²) in [7, 11) is 1.91. The number of aryl methyl sites for hydroxylation is 1. The molecule has 2 rings (SSSR count). The van der Waals surface area contributed by atoms with Crippen molar-refractivity contribution in [3.8, 4) is 5.88 Å². The minimum Gasteiger partial charge on any atom is -0.471 e. The van der Waals surface area contributed by atoms with Crippen LogP contribution in [-0.2, 0) is 6.54 Å². The molecule has 1 aromatic rings. The van der Waals surface area contributed by atoms with Crippen molar-refractivity contribution in [1.29, 1.82) is 0 Å². The van der Waals surface area contributed by atoms with Gasteiger partial charge in [-0.2, -0.15) is 11.8 Å². The number of ether oxygens (including phenoxy) is 1. The zero-order chi connectivity index (χ0) is 19.9. The van der Waals surface area contributed by atoms with E-state index < -0.39 is 12.5 Å². The van der Waals surface area contributed by atoms with Crippen molar-refractivity contribution >= 4 is 17.5 Å². The van der Waals surface area contributed by atoms with E-state index in [1.165, 1.54) is 0 Å². The van der Waals surface area contributed by atoms with Gasteiger partial charge in [0.25, 0.3) is 5.92 Å². The Morgan fingerprint density at radius 1 is 1.41 bits per heavy atom. The second-order valence-electron chi connectivity index (χ2n) is 6.42. The van der Waals surface area contributed by atoms with Crippen molar-refractivity contribution in [1.82, 2.24) is 15.6 Å². The second-order valence-corrected chi connectivity index (χ2v) is 7.29. The highest BCUT2D eigenvalue weighted by atomic mass is 32.2. The van der Waals surface area contributed by atoms with Gasteiger partial charge in [0.2, 0.25) is 5.88 Å². The van der Waals surface area contributed by atoms with Gasteiger partial charge in [0, 0.05) is 49.0 Å². The lowest BCUT2D eigenvalue weighted by Crippen LogP contribution is -2.33. The van der Waals surface area contributed by atoms with Crippen molar-refractivity contribution in [3.05, 3.63) is 47.4 Å². The third kappa shape index (κ3) is 6.62. The lowest BCUT2D eigenvalue weighted by Gasteiger charge is -2.21. The molecule has 0 amide bonds.